The van der Waals surface area contributed by atoms with Crippen molar-refractivity contribution in [3.05, 3.63) is 224 Å². The second-order valence-corrected chi connectivity index (χ2v) is 17.2. The molecule has 11 aromatic rings. The van der Waals surface area contributed by atoms with Gasteiger partial charge in [-0.05, 0) is 115 Å². The summed E-state index contributed by atoms with van der Waals surface area (Å²) in [5.41, 5.74) is 9.24. The summed E-state index contributed by atoms with van der Waals surface area (Å²) in [5, 5.41) is 4.54. The van der Waals surface area contributed by atoms with Crippen molar-refractivity contribution < 1.29 is 10.2 Å². The molecular formula is C60H47N5O. The van der Waals surface area contributed by atoms with Crippen LogP contribution in [0.4, 0.5) is 22.7 Å². The van der Waals surface area contributed by atoms with Crippen LogP contribution in [-0.4, -0.2) is 20.8 Å². The number of para-hydroxylation sites is 5. The molecule has 0 bridgehead atoms. The van der Waals surface area contributed by atoms with Crippen molar-refractivity contribution in [1.82, 2.24) is 14.1 Å². The summed E-state index contributed by atoms with van der Waals surface area (Å²) in [7, 11) is 0. The molecule has 0 radical (unpaired) electrons. The predicted octanol–water partition coefficient (Wildman–Crippen LogP) is 15.6. The molecule has 0 atom stereocenters. The number of nitrogens with zero attached hydrogens (tertiary/aromatic N) is 5. The van der Waals surface area contributed by atoms with Gasteiger partial charge in [-0.2, -0.15) is 0 Å². The highest BCUT2D eigenvalue weighted by Crippen LogP contribution is 2.47. The summed E-state index contributed by atoms with van der Waals surface area (Å²) < 4.78 is 49.2. The van der Waals surface area contributed by atoms with E-state index in [1.54, 1.807) is 12.3 Å². The molecule has 0 saturated heterocycles. The van der Waals surface area contributed by atoms with Gasteiger partial charge in [0.05, 0.1) is 33.4 Å². The Morgan fingerprint density at radius 2 is 1.00 bits per heavy atom. The largest absolute Gasteiger partial charge is 0.457 e. The quantitative estimate of drug-likeness (QED) is 0.153. The van der Waals surface area contributed by atoms with Crippen molar-refractivity contribution in [2.45, 2.75) is 37.4 Å². The maximum Gasteiger partial charge on any atom is 0.137 e. The molecule has 0 N–H and O–H groups in total. The van der Waals surface area contributed by atoms with E-state index in [0.29, 0.717) is 41.5 Å². The molecule has 0 amide bonds. The molecule has 2 aliphatic rings. The van der Waals surface area contributed by atoms with Gasteiger partial charge in [-0.15, -0.1) is 0 Å². The molecule has 0 unspecified atom stereocenters. The molecule has 1 aliphatic heterocycles. The van der Waals surface area contributed by atoms with Crippen LogP contribution in [-0.2, 0) is 5.41 Å². The molecule has 4 heterocycles. The third-order valence-corrected chi connectivity index (χ3v) is 13.5. The van der Waals surface area contributed by atoms with Gasteiger partial charge in [0.15, 0.2) is 0 Å². The number of pyridine rings is 1. The van der Waals surface area contributed by atoms with Crippen LogP contribution in [0.2, 0.25) is 0 Å². The molecule has 13 rings (SSSR count). The summed E-state index contributed by atoms with van der Waals surface area (Å²) in [6.07, 6.45) is -1.09. The van der Waals surface area contributed by atoms with E-state index in [0.717, 1.165) is 50.2 Å². The van der Waals surface area contributed by atoms with Crippen LogP contribution in [0.15, 0.2) is 212 Å². The number of ether oxygens (including phenoxy) is 1. The lowest BCUT2D eigenvalue weighted by molar-refractivity contribution is 0.345. The van der Waals surface area contributed by atoms with E-state index in [-0.39, 0.29) is 12.8 Å². The molecule has 6 nitrogen and oxygen atoms in total. The first-order chi connectivity index (χ1) is 34.2. The molecular weight excluding hydrogens is 807 g/mol. The van der Waals surface area contributed by atoms with Crippen molar-refractivity contribution in [2.75, 3.05) is 16.5 Å². The smallest absolute Gasteiger partial charge is 0.137 e. The lowest BCUT2D eigenvalue weighted by Gasteiger charge is -2.38. The van der Waals surface area contributed by atoms with Gasteiger partial charge in [0.1, 0.15) is 24.0 Å². The number of rotatable bonds is 8. The Kier molecular flexibility index (Phi) is 8.10. The lowest BCUT2D eigenvalue weighted by Crippen LogP contribution is -2.30. The van der Waals surface area contributed by atoms with Gasteiger partial charge in [0.2, 0.25) is 0 Å². The second-order valence-electron chi connectivity index (χ2n) is 17.2. The average Bonchev–Trinajstić information content (AvgIpc) is 4.05. The highest BCUT2D eigenvalue weighted by Gasteiger charge is 2.36. The Morgan fingerprint density at radius 1 is 0.424 bits per heavy atom. The zero-order chi connectivity index (χ0) is 47.2. The zero-order valence-electron chi connectivity index (χ0n) is 40.2. The van der Waals surface area contributed by atoms with Gasteiger partial charge in [0.25, 0.3) is 0 Å². The molecule has 318 valence electrons. The highest BCUT2D eigenvalue weighted by atomic mass is 16.5. The second kappa shape index (κ2) is 15.6. The molecule has 1 aliphatic carbocycles. The van der Waals surface area contributed by atoms with Crippen LogP contribution >= 0.6 is 0 Å². The maximum absolute atomic E-state index is 9.51. The van der Waals surface area contributed by atoms with Crippen molar-refractivity contribution >= 4 is 66.4 Å². The topological polar surface area (TPSA) is 38.5 Å². The van der Waals surface area contributed by atoms with E-state index in [1.165, 1.54) is 21.8 Å². The van der Waals surface area contributed by atoms with Gasteiger partial charge in [-0.1, -0.05) is 122 Å². The molecule has 1 saturated carbocycles. The third kappa shape index (κ3) is 6.20. The number of fused-ring (bicyclic) bond motifs is 7. The van der Waals surface area contributed by atoms with Crippen molar-refractivity contribution in [3.63, 3.8) is 0 Å². The van der Waals surface area contributed by atoms with Gasteiger partial charge in [-0.25, -0.2) is 4.98 Å². The standard InChI is InChI=1S/C60H47N5O/c1-3-16-42(17-4-1)60(35-13-2-14-36-60)43-34-37-61-59(38-43)65-55-25-10-7-22-51(55)52-33-32-48(40-58(52)65)66-47-19-15-18-46(39-47)63-41-62(56-26-11-12-27-57(56)63)44-28-30-45(31-29-44)64-53-23-8-5-20-49(53)50-21-6-9-24-54(50)64/h1,3-12,15-34,37-40H,2,13-14,35-36,41H2/i35D2,36D2. The average molecular weight is 858 g/mol. The summed E-state index contributed by atoms with van der Waals surface area (Å²) >= 11 is 0. The first-order valence-corrected chi connectivity index (χ1v) is 22.8. The van der Waals surface area contributed by atoms with Gasteiger partial charge < -0.3 is 19.1 Å². The number of hydrogen-bond donors (Lipinski definition) is 0. The molecule has 8 aromatic carbocycles. The number of aromatic nitrogens is 3. The van der Waals surface area contributed by atoms with Crippen LogP contribution < -0.4 is 14.5 Å². The molecule has 6 heteroatoms. The van der Waals surface area contributed by atoms with E-state index >= 15 is 0 Å². The molecule has 66 heavy (non-hydrogen) atoms. The van der Waals surface area contributed by atoms with Crippen LogP contribution in [0.5, 0.6) is 11.5 Å². The Bertz CT molecular complexity index is 3740. The normalized spacial score (nSPS) is 17.1. The Hall–Kier alpha value is -8.09. The van der Waals surface area contributed by atoms with Crippen molar-refractivity contribution in [3.8, 4) is 23.0 Å². The fraction of sp³-hybridized carbons (Fsp3) is 0.117. The fourth-order valence-corrected chi connectivity index (χ4v) is 10.5. The molecule has 3 aromatic heterocycles. The van der Waals surface area contributed by atoms with Crippen LogP contribution in [0.25, 0.3) is 55.1 Å². The molecule has 0 spiro atoms. The van der Waals surface area contributed by atoms with E-state index in [2.05, 4.69) is 146 Å². The number of hydrogen-bond acceptors (Lipinski definition) is 4. The number of benzene rings is 8. The molecule has 1 fully saturated rings. The van der Waals surface area contributed by atoms with Crippen molar-refractivity contribution in [1.29, 1.82) is 0 Å². The van der Waals surface area contributed by atoms with E-state index in [1.807, 2.05) is 72.8 Å². The van der Waals surface area contributed by atoms with Crippen LogP contribution in [0.1, 0.15) is 48.6 Å². The third-order valence-electron chi connectivity index (χ3n) is 13.5. The predicted molar refractivity (Wildman–Crippen MR) is 272 cm³/mol. The Balaban J connectivity index is 0.838. The zero-order valence-corrected chi connectivity index (χ0v) is 36.2. The minimum absolute atomic E-state index is 0.248. The van der Waals surface area contributed by atoms with E-state index < -0.39 is 18.2 Å². The maximum atomic E-state index is 9.51. The number of anilines is 4. The Labute approximate surface area is 389 Å². The summed E-state index contributed by atoms with van der Waals surface area (Å²) in [4.78, 5) is 9.59. The SMILES string of the molecule is [2H]C1([2H])CCCC([2H])([2H])C1(c1ccccc1)c1ccnc(-n2c3ccccc3c3ccc(Oc4cccc(N5CN(c6ccc(-n7c8ccccc8c8ccccc87)cc6)c6ccccc65)c4)cc32)c1. The van der Waals surface area contributed by atoms with E-state index in [4.69, 9.17) is 9.72 Å². The van der Waals surface area contributed by atoms with Crippen molar-refractivity contribution in [2.24, 2.45) is 0 Å². The van der Waals surface area contributed by atoms with Gasteiger partial charge >= 0.3 is 0 Å². The van der Waals surface area contributed by atoms with Crippen LogP contribution in [0, 0.1) is 0 Å². The summed E-state index contributed by atoms with van der Waals surface area (Å²) in [6, 6.07) is 70.2. The summed E-state index contributed by atoms with van der Waals surface area (Å²) in [6.45, 7) is 0.615. The van der Waals surface area contributed by atoms with Gasteiger partial charge in [0, 0.05) is 67.8 Å². The highest BCUT2D eigenvalue weighted by molar-refractivity contribution is 6.10. The first kappa shape index (κ1) is 34.3. The fourth-order valence-electron chi connectivity index (χ4n) is 10.5. The van der Waals surface area contributed by atoms with Gasteiger partial charge in [-0.3, -0.25) is 4.57 Å². The Morgan fingerprint density at radius 3 is 1.70 bits per heavy atom. The lowest BCUT2D eigenvalue weighted by atomic mass is 9.65. The minimum atomic E-state index is -1.87. The minimum Gasteiger partial charge on any atom is -0.457 e. The van der Waals surface area contributed by atoms with E-state index in [9.17, 15) is 5.48 Å². The summed E-state index contributed by atoms with van der Waals surface area (Å²) in [5.74, 6) is 1.92. The monoisotopic (exact) mass is 857 g/mol. The first-order valence-electron chi connectivity index (χ1n) is 24.8. The van der Waals surface area contributed by atoms with Crippen LogP contribution in [0.3, 0.4) is 0 Å².